The molecule has 1 aromatic carbocycles. The summed E-state index contributed by atoms with van der Waals surface area (Å²) < 4.78 is 0. The molecule has 1 N–H and O–H groups in total. The highest BCUT2D eigenvalue weighted by atomic mass is 35.5. The Kier molecular flexibility index (Phi) is 4.50. The molecule has 7 heteroatoms. The first-order valence-electron chi connectivity index (χ1n) is 7.06. The van der Waals surface area contributed by atoms with Crippen LogP contribution in [0, 0.1) is 6.92 Å². The van der Waals surface area contributed by atoms with E-state index in [1.54, 1.807) is 41.6 Å². The van der Waals surface area contributed by atoms with Gasteiger partial charge in [0.15, 0.2) is 0 Å². The molecule has 0 bridgehead atoms. The maximum absolute atomic E-state index is 12.7. The fourth-order valence-corrected chi connectivity index (χ4v) is 2.83. The van der Waals surface area contributed by atoms with Crippen LogP contribution in [0.5, 0.6) is 0 Å². The molecule has 0 saturated carbocycles. The van der Waals surface area contributed by atoms with Crippen LogP contribution < -0.4 is 5.32 Å². The van der Waals surface area contributed by atoms with E-state index in [9.17, 15) is 4.79 Å². The number of guanidine groups is 1. The number of halogens is 2. The SMILES string of the molecule is Cc1cnccc1C(=O)N1CCN=C1Nc1c(Cl)cccc1Cl. The molecule has 1 aliphatic rings. The summed E-state index contributed by atoms with van der Waals surface area (Å²) in [6, 6.07) is 6.92. The summed E-state index contributed by atoms with van der Waals surface area (Å²) in [4.78, 5) is 22.7. The molecule has 0 saturated heterocycles. The third-order valence-electron chi connectivity index (χ3n) is 3.54. The van der Waals surface area contributed by atoms with Gasteiger partial charge in [0, 0.05) is 24.5 Å². The lowest BCUT2D eigenvalue weighted by molar-refractivity contribution is 0.0857. The van der Waals surface area contributed by atoms with Crippen molar-refractivity contribution in [2.24, 2.45) is 4.99 Å². The predicted octanol–water partition coefficient (Wildman–Crippen LogP) is 3.62. The van der Waals surface area contributed by atoms with Gasteiger partial charge in [-0.05, 0) is 30.7 Å². The van der Waals surface area contributed by atoms with Crippen LogP contribution in [-0.4, -0.2) is 34.8 Å². The highest BCUT2D eigenvalue weighted by molar-refractivity contribution is 6.40. The lowest BCUT2D eigenvalue weighted by Gasteiger charge is -2.21. The van der Waals surface area contributed by atoms with Crippen LogP contribution in [0.25, 0.3) is 0 Å². The molecule has 118 valence electrons. The number of para-hydroxylation sites is 1. The van der Waals surface area contributed by atoms with Gasteiger partial charge in [0.05, 0.1) is 22.3 Å². The van der Waals surface area contributed by atoms with Gasteiger partial charge >= 0.3 is 0 Å². The second kappa shape index (κ2) is 6.56. The van der Waals surface area contributed by atoms with E-state index in [1.165, 1.54) is 0 Å². The quantitative estimate of drug-likeness (QED) is 0.901. The number of anilines is 1. The Bertz CT molecular complexity index is 771. The van der Waals surface area contributed by atoms with Gasteiger partial charge in [-0.1, -0.05) is 29.3 Å². The monoisotopic (exact) mass is 348 g/mol. The molecule has 23 heavy (non-hydrogen) atoms. The van der Waals surface area contributed by atoms with Crippen molar-refractivity contribution in [2.45, 2.75) is 6.92 Å². The fourth-order valence-electron chi connectivity index (χ4n) is 2.34. The summed E-state index contributed by atoms with van der Waals surface area (Å²) in [7, 11) is 0. The number of carbonyl (C=O) groups is 1. The zero-order valence-corrected chi connectivity index (χ0v) is 13.9. The van der Waals surface area contributed by atoms with E-state index in [0.717, 1.165) is 5.56 Å². The fraction of sp³-hybridized carbons (Fsp3) is 0.188. The molecule has 1 amide bonds. The Morgan fingerprint density at radius 1 is 1.26 bits per heavy atom. The summed E-state index contributed by atoms with van der Waals surface area (Å²) >= 11 is 12.3. The number of hydrogen-bond acceptors (Lipinski definition) is 4. The molecule has 0 atom stereocenters. The molecule has 2 aromatic rings. The first-order valence-corrected chi connectivity index (χ1v) is 7.81. The van der Waals surface area contributed by atoms with Crippen molar-refractivity contribution in [1.82, 2.24) is 9.88 Å². The van der Waals surface area contributed by atoms with Gasteiger partial charge in [0.2, 0.25) is 5.96 Å². The van der Waals surface area contributed by atoms with Crippen molar-refractivity contribution in [3.05, 3.63) is 57.8 Å². The lowest BCUT2D eigenvalue weighted by atomic mass is 10.1. The number of carbonyl (C=O) groups excluding carboxylic acids is 1. The van der Waals surface area contributed by atoms with Crippen LogP contribution >= 0.6 is 23.2 Å². The Labute approximate surface area is 144 Å². The summed E-state index contributed by atoms with van der Waals surface area (Å²) in [5.41, 5.74) is 1.96. The first-order chi connectivity index (χ1) is 11.1. The van der Waals surface area contributed by atoms with Crippen molar-refractivity contribution in [3.63, 3.8) is 0 Å². The van der Waals surface area contributed by atoms with Gasteiger partial charge in [-0.2, -0.15) is 0 Å². The number of aryl methyl sites for hydroxylation is 1. The van der Waals surface area contributed by atoms with Crippen molar-refractivity contribution < 1.29 is 4.79 Å². The molecule has 0 spiro atoms. The number of nitrogens with zero attached hydrogens (tertiary/aromatic N) is 3. The topological polar surface area (TPSA) is 57.6 Å². The molecule has 0 unspecified atom stereocenters. The average molecular weight is 349 g/mol. The van der Waals surface area contributed by atoms with Crippen LogP contribution in [0.1, 0.15) is 15.9 Å². The molecule has 0 fully saturated rings. The summed E-state index contributed by atoms with van der Waals surface area (Å²) in [5.74, 6) is 0.318. The lowest BCUT2D eigenvalue weighted by Crippen LogP contribution is -2.38. The molecule has 0 aliphatic carbocycles. The second-order valence-electron chi connectivity index (χ2n) is 5.07. The van der Waals surface area contributed by atoms with Gasteiger partial charge in [-0.25, -0.2) is 0 Å². The highest BCUT2D eigenvalue weighted by Gasteiger charge is 2.26. The van der Waals surface area contributed by atoms with Crippen LogP contribution in [0.3, 0.4) is 0 Å². The Morgan fingerprint density at radius 3 is 2.70 bits per heavy atom. The van der Waals surface area contributed by atoms with E-state index in [4.69, 9.17) is 23.2 Å². The first kappa shape index (κ1) is 15.8. The predicted molar refractivity (Wildman–Crippen MR) is 92.4 cm³/mol. The number of hydrogen-bond donors (Lipinski definition) is 1. The van der Waals surface area contributed by atoms with E-state index in [0.29, 0.717) is 40.3 Å². The van der Waals surface area contributed by atoms with Gasteiger partial charge < -0.3 is 5.32 Å². The van der Waals surface area contributed by atoms with Gasteiger partial charge in [0.25, 0.3) is 5.91 Å². The number of benzene rings is 1. The molecule has 1 aromatic heterocycles. The van der Waals surface area contributed by atoms with E-state index in [-0.39, 0.29) is 5.91 Å². The minimum absolute atomic E-state index is 0.128. The van der Waals surface area contributed by atoms with Crippen LogP contribution in [0.4, 0.5) is 5.69 Å². The third-order valence-corrected chi connectivity index (χ3v) is 4.17. The molecular formula is C16H14Cl2N4O. The van der Waals surface area contributed by atoms with E-state index in [2.05, 4.69) is 15.3 Å². The van der Waals surface area contributed by atoms with Gasteiger partial charge in [-0.3, -0.25) is 19.7 Å². The van der Waals surface area contributed by atoms with Crippen molar-refractivity contribution in [3.8, 4) is 0 Å². The normalized spacial score (nSPS) is 13.9. The number of pyridine rings is 1. The summed E-state index contributed by atoms with van der Waals surface area (Å²) in [5, 5.41) is 4.02. The molecule has 2 heterocycles. The number of aliphatic imine (C=N–C) groups is 1. The van der Waals surface area contributed by atoms with Crippen LogP contribution in [0.15, 0.2) is 41.7 Å². The number of amides is 1. The number of nitrogens with one attached hydrogen (secondary N) is 1. The zero-order valence-electron chi connectivity index (χ0n) is 12.4. The maximum Gasteiger partial charge on any atom is 0.261 e. The van der Waals surface area contributed by atoms with Crippen LogP contribution in [0.2, 0.25) is 10.0 Å². The minimum Gasteiger partial charge on any atom is -0.323 e. The highest BCUT2D eigenvalue weighted by Crippen LogP contribution is 2.30. The average Bonchev–Trinajstić information content (AvgIpc) is 2.99. The molecule has 0 radical (unpaired) electrons. The number of aromatic nitrogens is 1. The minimum atomic E-state index is -0.128. The Morgan fingerprint density at radius 2 is 2.00 bits per heavy atom. The van der Waals surface area contributed by atoms with Gasteiger partial charge in [0.1, 0.15) is 0 Å². The molecule has 3 rings (SSSR count). The van der Waals surface area contributed by atoms with E-state index in [1.807, 2.05) is 6.92 Å². The maximum atomic E-state index is 12.7. The van der Waals surface area contributed by atoms with Crippen LogP contribution in [-0.2, 0) is 0 Å². The largest absolute Gasteiger partial charge is 0.323 e. The van der Waals surface area contributed by atoms with Gasteiger partial charge in [-0.15, -0.1) is 0 Å². The van der Waals surface area contributed by atoms with E-state index >= 15 is 0 Å². The summed E-state index contributed by atoms with van der Waals surface area (Å²) in [6.07, 6.45) is 3.27. The molecular weight excluding hydrogens is 335 g/mol. The van der Waals surface area contributed by atoms with Crippen molar-refractivity contribution in [1.29, 1.82) is 0 Å². The second-order valence-corrected chi connectivity index (χ2v) is 5.89. The number of rotatable bonds is 2. The van der Waals surface area contributed by atoms with Crippen molar-refractivity contribution >= 4 is 40.8 Å². The molecule has 1 aliphatic heterocycles. The van der Waals surface area contributed by atoms with Crippen molar-refractivity contribution in [2.75, 3.05) is 18.4 Å². The third kappa shape index (κ3) is 3.16. The molecule has 5 nitrogen and oxygen atoms in total. The standard InChI is InChI=1S/C16H14Cl2N4O/c1-10-9-19-6-5-11(10)15(23)22-8-7-20-16(22)21-14-12(17)3-2-4-13(14)18/h2-6,9H,7-8H2,1H3,(H,20,21). The Hall–Kier alpha value is -2.11. The smallest absolute Gasteiger partial charge is 0.261 e. The zero-order chi connectivity index (χ0) is 16.4. The Balaban J connectivity index is 1.86. The summed E-state index contributed by atoms with van der Waals surface area (Å²) in [6.45, 7) is 2.89. The van der Waals surface area contributed by atoms with E-state index < -0.39 is 0 Å².